The highest BCUT2D eigenvalue weighted by molar-refractivity contribution is 7.92. The molecule has 1 unspecified atom stereocenters. The standard InChI is InChI=1S/C15H19NO4S/c1-4-14(15(17)20-11(2)3)21(18,19)10-13-7-5-6-12(8-13)9-16/h5-8,11,14H,4,10H2,1-3H3. The lowest BCUT2D eigenvalue weighted by Crippen LogP contribution is -2.33. The molecule has 1 aromatic rings. The molecule has 0 radical (unpaired) electrons. The third kappa shape index (κ3) is 4.87. The van der Waals surface area contributed by atoms with Crippen molar-refractivity contribution < 1.29 is 17.9 Å². The average molecular weight is 309 g/mol. The summed E-state index contributed by atoms with van der Waals surface area (Å²) in [5, 5.41) is 7.65. The van der Waals surface area contributed by atoms with Gasteiger partial charge in [-0.15, -0.1) is 0 Å². The van der Waals surface area contributed by atoms with Gasteiger partial charge in [-0.05, 0) is 38.0 Å². The topological polar surface area (TPSA) is 84.2 Å². The second-order valence-electron chi connectivity index (χ2n) is 5.00. The van der Waals surface area contributed by atoms with E-state index < -0.39 is 21.1 Å². The van der Waals surface area contributed by atoms with E-state index in [9.17, 15) is 13.2 Å². The SMILES string of the molecule is CCC(C(=O)OC(C)C)S(=O)(=O)Cc1cccc(C#N)c1. The number of nitriles is 1. The average Bonchev–Trinajstić information content (AvgIpc) is 2.37. The van der Waals surface area contributed by atoms with E-state index in [1.165, 1.54) is 6.07 Å². The number of carbonyl (C=O) groups excluding carboxylic acids is 1. The van der Waals surface area contributed by atoms with Crippen molar-refractivity contribution in [1.29, 1.82) is 5.26 Å². The maximum atomic E-state index is 12.4. The fraction of sp³-hybridized carbons (Fsp3) is 0.467. The fourth-order valence-electron chi connectivity index (χ4n) is 1.94. The Morgan fingerprint density at radius 3 is 2.57 bits per heavy atom. The molecule has 1 aromatic carbocycles. The predicted molar refractivity (Wildman–Crippen MR) is 79.1 cm³/mol. The molecular weight excluding hydrogens is 290 g/mol. The molecule has 0 N–H and O–H groups in total. The number of ether oxygens (including phenoxy) is 1. The third-order valence-electron chi connectivity index (χ3n) is 2.84. The van der Waals surface area contributed by atoms with E-state index in [4.69, 9.17) is 10.00 Å². The molecule has 0 aliphatic rings. The number of nitrogens with zero attached hydrogens (tertiary/aromatic N) is 1. The Balaban J connectivity index is 2.97. The fourth-order valence-corrected chi connectivity index (χ4v) is 3.64. The summed E-state index contributed by atoms with van der Waals surface area (Å²) < 4.78 is 29.7. The van der Waals surface area contributed by atoms with Gasteiger partial charge >= 0.3 is 5.97 Å². The molecular formula is C15H19NO4S. The molecule has 1 rings (SSSR count). The van der Waals surface area contributed by atoms with Crippen LogP contribution in [0, 0.1) is 11.3 Å². The summed E-state index contributed by atoms with van der Waals surface area (Å²) in [6, 6.07) is 8.31. The predicted octanol–water partition coefficient (Wildman–Crippen LogP) is 2.20. The van der Waals surface area contributed by atoms with Gasteiger partial charge in [0.05, 0.1) is 23.5 Å². The molecule has 0 amide bonds. The van der Waals surface area contributed by atoms with Crippen LogP contribution in [0.4, 0.5) is 0 Å². The molecule has 0 aromatic heterocycles. The van der Waals surface area contributed by atoms with Gasteiger partial charge in [0.15, 0.2) is 15.1 Å². The van der Waals surface area contributed by atoms with Crippen LogP contribution < -0.4 is 0 Å². The number of sulfone groups is 1. The molecule has 6 heteroatoms. The number of benzene rings is 1. The Morgan fingerprint density at radius 1 is 1.38 bits per heavy atom. The number of hydrogen-bond donors (Lipinski definition) is 0. The number of rotatable bonds is 6. The van der Waals surface area contributed by atoms with Crippen molar-refractivity contribution >= 4 is 15.8 Å². The second-order valence-corrected chi connectivity index (χ2v) is 7.19. The minimum atomic E-state index is -3.68. The zero-order valence-corrected chi connectivity index (χ0v) is 13.2. The largest absolute Gasteiger partial charge is 0.462 e. The molecule has 1 atom stereocenters. The van der Waals surface area contributed by atoms with Crippen LogP contribution in [-0.2, 0) is 25.1 Å². The van der Waals surface area contributed by atoms with Gasteiger partial charge in [-0.1, -0.05) is 19.1 Å². The summed E-state index contributed by atoms with van der Waals surface area (Å²) in [5.74, 6) is -1.00. The normalized spacial score (nSPS) is 12.7. The summed E-state index contributed by atoms with van der Waals surface area (Å²) in [6.07, 6.45) is -0.199. The second kappa shape index (κ2) is 7.23. The molecule has 0 heterocycles. The zero-order valence-electron chi connectivity index (χ0n) is 12.4. The van der Waals surface area contributed by atoms with Crippen molar-refractivity contribution in [2.45, 2.75) is 44.3 Å². The smallest absolute Gasteiger partial charge is 0.324 e. The van der Waals surface area contributed by atoms with Gasteiger partial charge in [0.2, 0.25) is 0 Å². The van der Waals surface area contributed by atoms with Crippen LogP contribution in [-0.4, -0.2) is 25.7 Å². The van der Waals surface area contributed by atoms with Gasteiger partial charge in [-0.3, -0.25) is 4.79 Å². The van der Waals surface area contributed by atoms with E-state index in [1.807, 2.05) is 6.07 Å². The van der Waals surface area contributed by atoms with E-state index >= 15 is 0 Å². The van der Waals surface area contributed by atoms with Crippen molar-refractivity contribution in [3.05, 3.63) is 35.4 Å². The molecule has 21 heavy (non-hydrogen) atoms. The lowest BCUT2D eigenvalue weighted by Gasteiger charge is -2.17. The highest BCUT2D eigenvalue weighted by Gasteiger charge is 2.32. The molecule has 0 saturated carbocycles. The third-order valence-corrected chi connectivity index (χ3v) is 4.97. The summed E-state index contributed by atoms with van der Waals surface area (Å²) in [6.45, 7) is 4.98. The highest BCUT2D eigenvalue weighted by Crippen LogP contribution is 2.17. The number of carbonyl (C=O) groups is 1. The zero-order chi connectivity index (χ0) is 16.0. The quantitative estimate of drug-likeness (QED) is 0.752. The van der Waals surface area contributed by atoms with Crippen molar-refractivity contribution in [2.75, 3.05) is 0 Å². The number of hydrogen-bond acceptors (Lipinski definition) is 5. The van der Waals surface area contributed by atoms with E-state index in [-0.39, 0.29) is 18.3 Å². The maximum absolute atomic E-state index is 12.4. The lowest BCUT2D eigenvalue weighted by atomic mass is 10.2. The first-order valence-corrected chi connectivity index (χ1v) is 8.42. The molecule has 5 nitrogen and oxygen atoms in total. The van der Waals surface area contributed by atoms with E-state index in [1.54, 1.807) is 39.0 Å². The van der Waals surface area contributed by atoms with Crippen LogP contribution in [0.3, 0.4) is 0 Å². The molecule has 0 fully saturated rings. The maximum Gasteiger partial charge on any atom is 0.324 e. The summed E-state index contributed by atoms with van der Waals surface area (Å²) in [5.41, 5.74) is 0.880. The van der Waals surface area contributed by atoms with Crippen LogP contribution in [0.5, 0.6) is 0 Å². The van der Waals surface area contributed by atoms with Gasteiger partial charge < -0.3 is 4.74 Å². The summed E-state index contributed by atoms with van der Waals surface area (Å²) in [4.78, 5) is 11.9. The monoisotopic (exact) mass is 309 g/mol. The van der Waals surface area contributed by atoms with Crippen LogP contribution in [0.25, 0.3) is 0 Å². The van der Waals surface area contributed by atoms with Crippen LogP contribution in [0.1, 0.15) is 38.3 Å². The molecule has 0 aliphatic heterocycles. The van der Waals surface area contributed by atoms with E-state index in [0.717, 1.165) is 0 Å². The first-order valence-electron chi connectivity index (χ1n) is 6.71. The van der Waals surface area contributed by atoms with Crippen LogP contribution in [0.2, 0.25) is 0 Å². The molecule has 0 spiro atoms. The Hall–Kier alpha value is -1.87. The molecule has 0 bridgehead atoms. The van der Waals surface area contributed by atoms with E-state index in [0.29, 0.717) is 11.1 Å². The number of esters is 1. The Bertz CT molecular complexity index is 644. The first-order chi connectivity index (χ1) is 9.80. The van der Waals surface area contributed by atoms with Crippen LogP contribution >= 0.6 is 0 Å². The Kier molecular flexibility index (Phi) is 5.91. The summed E-state index contributed by atoms with van der Waals surface area (Å²) in [7, 11) is -3.68. The van der Waals surface area contributed by atoms with Crippen molar-refractivity contribution in [2.24, 2.45) is 0 Å². The highest BCUT2D eigenvalue weighted by atomic mass is 32.2. The lowest BCUT2D eigenvalue weighted by molar-refractivity contribution is -0.146. The van der Waals surface area contributed by atoms with Gasteiger partial charge in [0.1, 0.15) is 0 Å². The molecule has 0 saturated heterocycles. The molecule has 114 valence electrons. The van der Waals surface area contributed by atoms with Crippen molar-refractivity contribution in [1.82, 2.24) is 0 Å². The van der Waals surface area contributed by atoms with Gasteiger partial charge in [0, 0.05) is 0 Å². The van der Waals surface area contributed by atoms with Crippen LogP contribution in [0.15, 0.2) is 24.3 Å². The molecule has 0 aliphatic carbocycles. The van der Waals surface area contributed by atoms with E-state index in [2.05, 4.69) is 0 Å². The summed E-state index contributed by atoms with van der Waals surface area (Å²) >= 11 is 0. The Labute approximate surface area is 125 Å². The first kappa shape index (κ1) is 17.2. The van der Waals surface area contributed by atoms with Gasteiger partial charge in [0.25, 0.3) is 0 Å². The van der Waals surface area contributed by atoms with Crippen molar-refractivity contribution in [3.8, 4) is 6.07 Å². The minimum absolute atomic E-state index is 0.159. The van der Waals surface area contributed by atoms with Gasteiger partial charge in [-0.2, -0.15) is 5.26 Å². The Morgan fingerprint density at radius 2 is 2.05 bits per heavy atom. The minimum Gasteiger partial charge on any atom is -0.462 e. The van der Waals surface area contributed by atoms with Crippen molar-refractivity contribution in [3.63, 3.8) is 0 Å². The van der Waals surface area contributed by atoms with Gasteiger partial charge in [-0.25, -0.2) is 8.42 Å².